The molecule has 6 heteroatoms. The van der Waals surface area contributed by atoms with Crippen molar-refractivity contribution >= 4 is 6.03 Å². The summed E-state index contributed by atoms with van der Waals surface area (Å²) in [5.41, 5.74) is 1.14. The molecular weight excluding hydrogens is 292 g/mol. The van der Waals surface area contributed by atoms with Crippen LogP contribution >= 0.6 is 0 Å². The van der Waals surface area contributed by atoms with Gasteiger partial charge in [-0.15, -0.1) is 0 Å². The van der Waals surface area contributed by atoms with Gasteiger partial charge in [0.25, 0.3) is 0 Å². The van der Waals surface area contributed by atoms with Crippen LogP contribution in [0.3, 0.4) is 0 Å². The summed E-state index contributed by atoms with van der Waals surface area (Å²) in [6.45, 7) is 4.89. The lowest BCUT2D eigenvalue weighted by molar-refractivity contribution is 0.0916. The molecule has 1 unspecified atom stereocenters. The molecule has 3 aliphatic rings. The van der Waals surface area contributed by atoms with E-state index in [0.717, 1.165) is 63.7 Å². The second-order valence-electron chi connectivity index (χ2n) is 7.09. The van der Waals surface area contributed by atoms with Gasteiger partial charge in [-0.25, -0.2) is 4.79 Å². The summed E-state index contributed by atoms with van der Waals surface area (Å²) in [6, 6.07) is 2.46. The average Bonchev–Trinajstić information content (AvgIpc) is 3.04. The fourth-order valence-electron chi connectivity index (χ4n) is 3.61. The SMILES string of the molecule is O=C(N1CCCC1)N1Cc2ccnn2C(CCOCC2CC2)C1. The zero-order valence-corrected chi connectivity index (χ0v) is 13.7. The molecular formula is C17H26N4O2. The number of hydrogen-bond donors (Lipinski definition) is 0. The van der Waals surface area contributed by atoms with Crippen LogP contribution in [0.4, 0.5) is 4.79 Å². The molecule has 1 saturated carbocycles. The van der Waals surface area contributed by atoms with Crippen LogP contribution in [0.5, 0.6) is 0 Å². The number of carbonyl (C=O) groups is 1. The quantitative estimate of drug-likeness (QED) is 0.783. The third-order valence-corrected chi connectivity index (χ3v) is 5.18. The largest absolute Gasteiger partial charge is 0.381 e. The summed E-state index contributed by atoms with van der Waals surface area (Å²) in [4.78, 5) is 16.7. The van der Waals surface area contributed by atoms with Gasteiger partial charge >= 0.3 is 6.03 Å². The smallest absolute Gasteiger partial charge is 0.320 e. The number of amides is 2. The van der Waals surface area contributed by atoms with E-state index >= 15 is 0 Å². The molecule has 0 bridgehead atoms. The van der Waals surface area contributed by atoms with Gasteiger partial charge in [-0.3, -0.25) is 4.68 Å². The van der Waals surface area contributed by atoms with Crippen LogP contribution in [-0.4, -0.2) is 58.5 Å². The standard InChI is InChI=1S/C17H26N4O2/c22-17(19-8-1-2-9-19)20-11-15-5-7-18-21(15)16(12-20)6-10-23-13-14-3-4-14/h5,7,14,16H,1-4,6,8-13H2. The lowest BCUT2D eigenvalue weighted by Gasteiger charge is -2.36. The van der Waals surface area contributed by atoms with Gasteiger partial charge < -0.3 is 14.5 Å². The minimum absolute atomic E-state index is 0.193. The molecule has 126 valence electrons. The maximum absolute atomic E-state index is 12.7. The first-order valence-electron chi connectivity index (χ1n) is 8.95. The van der Waals surface area contributed by atoms with Crippen LogP contribution < -0.4 is 0 Å². The van der Waals surface area contributed by atoms with Gasteiger partial charge in [-0.1, -0.05) is 0 Å². The van der Waals surface area contributed by atoms with Crippen molar-refractivity contribution in [1.29, 1.82) is 0 Å². The molecule has 23 heavy (non-hydrogen) atoms. The molecule has 4 rings (SSSR count). The Labute approximate surface area is 137 Å². The van der Waals surface area contributed by atoms with Gasteiger partial charge in [0, 0.05) is 39.0 Å². The number of rotatable bonds is 5. The summed E-state index contributed by atoms with van der Waals surface area (Å²) in [5.74, 6) is 0.801. The monoisotopic (exact) mass is 318 g/mol. The summed E-state index contributed by atoms with van der Waals surface area (Å²) in [6.07, 6.45) is 7.68. The van der Waals surface area contributed by atoms with Crippen molar-refractivity contribution in [2.24, 2.45) is 5.92 Å². The summed E-state index contributed by atoms with van der Waals surface area (Å²) in [5, 5.41) is 4.47. The third-order valence-electron chi connectivity index (χ3n) is 5.18. The van der Waals surface area contributed by atoms with E-state index < -0.39 is 0 Å². The number of hydrogen-bond acceptors (Lipinski definition) is 3. The second kappa shape index (κ2) is 6.51. The topological polar surface area (TPSA) is 50.6 Å². The van der Waals surface area contributed by atoms with Crippen molar-refractivity contribution in [3.8, 4) is 0 Å². The number of aromatic nitrogens is 2. The Morgan fingerprint density at radius 1 is 1.26 bits per heavy atom. The molecule has 3 heterocycles. The highest BCUT2D eigenvalue weighted by Crippen LogP contribution is 2.29. The second-order valence-corrected chi connectivity index (χ2v) is 7.09. The molecule has 1 aliphatic carbocycles. The van der Waals surface area contributed by atoms with Gasteiger partial charge in [-0.05, 0) is 44.1 Å². The minimum Gasteiger partial charge on any atom is -0.381 e. The molecule has 2 aliphatic heterocycles. The lowest BCUT2D eigenvalue weighted by Crippen LogP contribution is -2.47. The molecule has 6 nitrogen and oxygen atoms in total. The number of ether oxygens (including phenoxy) is 1. The highest BCUT2D eigenvalue weighted by Gasteiger charge is 2.31. The maximum atomic E-state index is 12.7. The maximum Gasteiger partial charge on any atom is 0.320 e. The molecule has 0 N–H and O–H groups in total. The predicted octanol–water partition coefficient (Wildman–Crippen LogP) is 2.27. The van der Waals surface area contributed by atoms with Gasteiger partial charge in [0.15, 0.2) is 0 Å². The molecule has 2 fully saturated rings. The molecule has 1 aromatic rings. The lowest BCUT2D eigenvalue weighted by atomic mass is 10.1. The molecule has 1 atom stereocenters. The van der Waals surface area contributed by atoms with Crippen molar-refractivity contribution in [3.05, 3.63) is 18.0 Å². The molecule has 1 aromatic heterocycles. The first-order chi connectivity index (χ1) is 11.3. The van der Waals surface area contributed by atoms with Crippen molar-refractivity contribution in [1.82, 2.24) is 19.6 Å². The van der Waals surface area contributed by atoms with E-state index in [9.17, 15) is 4.79 Å². The van der Waals surface area contributed by atoms with E-state index in [1.165, 1.54) is 12.8 Å². The third kappa shape index (κ3) is 3.37. The van der Waals surface area contributed by atoms with Crippen LogP contribution in [0.2, 0.25) is 0 Å². The van der Waals surface area contributed by atoms with E-state index in [-0.39, 0.29) is 12.1 Å². The van der Waals surface area contributed by atoms with E-state index in [1.807, 2.05) is 22.1 Å². The average molecular weight is 318 g/mol. The number of nitrogens with zero attached hydrogens (tertiary/aromatic N) is 4. The predicted molar refractivity (Wildman–Crippen MR) is 86.0 cm³/mol. The Kier molecular flexibility index (Phi) is 4.25. The fraction of sp³-hybridized carbons (Fsp3) is 0.765. The number of urea groups is 1. The van der Waals surface area contributed by atoms with Crippen LogP contribution in [-0.2, 0) is 11.3 Å². The van der Waals surface area contributed by atoms with Crippen LogP contribution in [0.1, 0.15) is 43.8 Å². The molecule has 0 aromatic carbocycles. The van der Waals surface area contributed by atoms with Crippen molar-refractivity contribution in [3.63, 3.8) is 0 Å². The first-order valence-corrected chi connectivity index (χ1v) is 8.95. The van der Waals surface area contributed by atoms with Gasteiger partial charge in [0.2, 0.25) is 0 Å². The zero-order chi connectivity index (χ0) is 15.6. The van der Waals surface area contributed by atoms with E-state index in [2.05, 4.69) is 9.78 Å². The van der Waals surface area contributed by atoms with E-state index in [0.29, 0.717) is 6.54 Å². The van der Waals surface area contributed by atoms with Crippen molar-refractivity contribution in [2.45, 2.75) is 44.7 Å². The van der Waals surface area contributed by atoms with Crippen molar-refractivity contribution < 1.29 is 9.53 Å². The fourth-order valence-corrected chi connectivity index (χ4v) is 3.61. The van der Waals surface area contributed by atoms with Crippen LogP contribution in [0, 0.1) is 5.92 Å². The number of likely N-dealkylation sites (tertiary alicyclic amines) is 1. The van der Waals surface area contributed by atoms with E-state index in [1.54, 1.807) is 0 Å². The Hall–Kier alpha value is -1.56. The van der Waals surface area contributed by atoms with Crippen molar-refractivity contribution in [2.75, 3.05) is 32.8 Å². The first kappa shape index (κ1) is 15.0. The Morgan fingerprint density at radius 2 is 2.09 bits per heavy atom. The number of fused-ring (bicyclic) bond motifs is 1. The highest BCUT2D eigenvalue weighted by atomic mass is 16.5. The Bertz CT molecular complexity index is 549. The van der Waals surface area contributed by atoms with Crippen LogP contribution in [0.15, 0.2) is 12.3 Å². The highest BCUT2D eigenvalue weighted by molar-refractivity contribution is 5.74. The summed E-state index contributed by atoms with van der Waals surface area (Å²) < 4.78 is 7.88. The van der Waals surface area contributed by atoms with Gasteiger partial charge in [0.1, 0.15) is 0 Å². The van der Waals surface area contributed by atoms with E-state index in [4.69, 9.17) is 4.74 Å². The van der Waals surface area contributed by atoms with Gasteiger partial charge in [0.05, 0.1) is 18.3 Å². The number of carbonyl (C=O) groups excluding carboxylic acids is 1. The molecule has 2 amide bonds. The summed E-state index contributed by atoms with van der Waals surface area (Å²) in [7, 11) is 0. The zero-order valence-electron chi connectivity index (χ0n) is 13.7. The normalized spacial score (nSPS) is 24.1. The Morgan fingerprint density at radius 3 is 2.87 bits per heavy atom. The van der Waals surface area contributed by atoms with Gasteiger partial charge in [-0.2, -0.15) is 5.10 Å². The van der Waals surface area contributed by atoms with Crippen LogP contribution in [0.25, 0.3) is 0 Å². The molecule has 1 saturated heterocycles. The summed E-state index contributed by atoms with van der Waals surface area (Å²) >= 11 is 0. The molecule has 0 spiro atoms. The molecule has 0 radical (unpaired) electrons. The Balaban J connectivity index is 1.37. The minimum atomic E-state index is 0.193.